The summed E-state index contributed by atoms with van der Waals surface area (Å²) in [6.45, 7) is 1.93. The van der Waals surface area contributed by atoms with E-state index < -0.39 is 0 Å². The van der Waals surface area contributed by atoms with E-state index in [1.165, 1.54) is 11.3 Å². The molecule has 0 aliphatic carbocycles. The molecule has 2 N–H and O–H groups in total. The minimum Gasteiger partial charge on any atom is -0.493 e. The Hall–Kier alpha value is -1.54. The van der Waals surface area contributed by atoms with E-state index in [0.29, 0.717) is 17.9 Å². The second-order valence-corrected chi connectivity index (χ2v) is 6.84. The molecule has 27 heavy (non-hydrogen) atoms. The van der Waals surface area contributed by atoms with E-state index in [0.717, 1.165) is 42.2 Å². The van der Waals surface area contributed by atoms with Gasteiger partial charge in [-0.2, -0.15) is 0 Å². The lowest BCUT2D eigenvalue weighted by atomic mass is 10.1. The van der Waals surface area contributed by atoms with Crippen LogP contribution in [-0.4, -0.2) is 44.2 Å². The fraction of sp³-hybridized carbons (Fsp3) is 0.444. The van der Waals surface area contributed by atoms with Gasteiger partial charge in [0.1, 0.15) is 5.01 Å². The molecule has 1 fully saturated rings. The summed E-state index contributed by atoms with van der Waals surface area (Å²) in [5, 5.41) is 9.20. The summed E-state index contributed by atoms with van der Waals surface area (Å²) in [7, 11) is 3.22. The smallest absolute Gasteiger partial charge is 0.226 e. The van der Waals surface area contributed by atoms with E-state index in [-0.39, 0.29) is 36.8 Å². The first-order valence-electron chi connectivity index (χ1n) is 8.36. The number of carbonyl (C=O) groups is 1. The third kappa shape index (κ3) is 6.24. The van der Waals surface area contributed by atoms with E-state index in [2.05, 4.69) is 15.6 Å². The summed E-state index contributed by atoms with van der Waals surface area (Å²) in [5.74, 6) is 1.39. The number of benzene rings is 1. The number of methoxy groups -OCH3 is 2. The highest BCUT2D eigenvalue weighted by atomic mass is 35.5. The number of hydrogen-bond acceptors (Lipinski definition) is 6. The van der Waals surface area contributed by atoms with E-state index in [9.17, 15) is 4.79 Å². The van der Waals surface area contributed by atoms with Crippen LogP contribution < -0.4 is 20.1 Å². The lowest BCUT2D eigenvalue weighted by Crippen LogP contribution is -2.43. The molecule has 1 saturated heterocycles. The number of aromatic nitrogens is 1. The molecule has 0 radical (unpaired) electrons. The average Bonchev–Trinajstić information content (AvgIpc) is 3.10. The molecule has 1 aromatic heterocycles. The molecule has 0 unspecified atom stereocenters. The quantitative estimate of drug-likeness (QED) is 0.731. The molecule has 0 spiro atoms. The Kier molecular flexibility index (Phi) is 9.87. The Bertz CT molecular complexity index is 736. The first kappa shape index (κ1) is 23.5. The standard InChI is InChI=1S/C18H23N3O3S.2ClH/c1-23-15-4-3-12(9-16(15)24-2)18-21-14(11-25-18)10-17(22)20-13-5-7-19-8-6-13;;/h3-4,9,11,13,19H,5-8,10H2,1-2H3,(H,20,22);2*1H. The van der Waals surface area contributed by atoms with Crippen LogP contribution in [0.2, 0.25) is 0 Å². The van der Waals surface area contributed by atoms with Gasteiger partial charge in [-0.25, -0.2) is 4.98 Å². The normalized spacial score (nSPS) is 13.9. The Labute approximate surface area is 175 Å². The number of thiazole rings is 1. The molecule has 2 heterocycles. The number of hydrogen-bond donors (Lipinski definition) is 2. The average molecular weight is 434 g/mol. The number of piperidine rings is 1. The van der Waals surface area contributed by atoms with Crippen molar-refractivity contribution in [1.29, 1.82) is 0 Å². The van der Waals surface area contributed by atoms with Gasteiger partial charge in [-0.1, -0.05) is 0 Å². The van der Waals surface area contributed by atoms with Gasteiger partial charge in [-0.05, 0) is 44.1 Å². The third-order valence-electron chi connectivity index (χ3n) is 4.23. The number of nitrogens with one attached hydrogen (secondary N) is 2. The Morgan fingerprint density at radius 2 is 1.93 bits per heavy atom. The number of halogens is 2. The topological polar surface area (TPSA) is 72.5 Å². The lowest BCUT2D eigenvalue weighted by molar-refractivity contribution is -0.121. The SMILES string of the molecule is COc1ccc(-c2nc(CC(=O)NC3CCNCC3)cs2)cc1OC.Cl.Cl. The van der Waals surface area contributed by atoms with Gasteiger partial charge in [0.15, 0.2) is 11.5 Å². The molecule has 150 valence electrons. The molecular formula is C18H25Cl2N3O3S. The fourth-order valence-corrected chi connectivity index (χ4v) is 3.72. The van der Waals surface area contributed by atoms with Crippen LogP contribution >= 0.6 is 36.2 Å². The Balaban J connectivity index is 0.00000182. The Morgan fingerprint density at radius 3 is 2.59 bits per heavy atom. The largest absolute Gasteiger partial charge is 0.493 e. The monoisotopic (exact) mass is 433 g/mol. The maximum Gasteiger partial charge on any atom is 0.226 e. The molecule has 6 nitrogen and oxygen atoms in total. The van der Waals surface area contributed by atoms with Crippen molar-refractivity contribution in [1.82, 2.24) is 15.6 Å². The van der Waals surface area contributed by atoms with Crippen molar-refractivity contribution in [3.8, 4) is 22.1 Å². The second-order valence-electron chi connectivity index (χ2n) is 5.98. The van der Waals surface area contributed by atoms with Gasteiger partial charge in [0, 0.05) is 17.0 Å². The lowest BCUT2D eigenvalue weighted by Gasteiger charge is -2.23. The Morgan fingerprint density at radius 1 is 1.22 bits per heavy atom. The maximum atomic E-state index is 12.2. The van der Waals surface area contributed by atoms with Crippen LogP contribution in [0.25, 0.3) is 10.6 Å². The molecule has 0 saturated carbocycles. The van der Waals surface area contributed by atoms with Crippen LogP contribution in [0.4, 0.5) is 0 Å². The van der Waals surface area contributed by atoms with Crippen LogP contribution in [0.5, 0.6) is 11.5 Å². The predicted molar refractivity (Wildman–Crippen MR) is 113 cm³/mol. The van der Waals surface area contributed by atoms with Gasteiger partial charge in [0.05, 0.1) is 26.3 Å². The van der Waals surface area contributed by atoms with Crippen molar-refractivity contribution in [3.05, 3.63) is 29.3 Å². The molecule has 1 aliphatic rings. The number of nitrogens with zero attached hydrogens (tertiary/aromatic N) is 1. The molecule has 2 aromatic rings. The highest BCUT2D eigenvalue weighted by molar-refractivity contribution is 7.13. The van der Waals surface area contributed by atoms with E-state index in [4.69, 9.17) is 9.47 Å². The van der Waals surface area contributed by atoms with Gasteiger partial charge in [0.25, 0.3) is 0 Å². The molecule has 1 amide bonds. The highest BCUT2D eigenvalue weighted by Crippen LogP contribution is 2.33. The summed E-state index contributed by atoms with van der Waals surface area (Å²) in [6.07, 6.45) is 2.28. The minimum atomic E-state index is 0. The minimum absolute atomic E-state index is 0. The van der Waals surface area contributed by atoms with Gasteiger partial charge < -0.3 is 20.1 Å². The van der Waals surface area contributed by atoms with Gasteiger partial charge in [-0.15, -0.1) is 36.2 Å². The molecule has 0 atom stereocenters. The summed E-state index contributed by atoms with van der Waals surface area (Å²) < 4.78 is 10.6. The molecular weight excluding hydrogens is 409 g/mol. The molecule has 1 aromatic carbocycles. The van der Waals surface area contributed by atoms with Crippen molar-refractivity contribution >= 4 is 42.1 Å². The van der Waals surface area contributed by atoms with Crippen molar-refractivity contribution in [2.75, 3.05) is 27.3 Å². The summed E-state index contributed by atoms with van der Waals surface area (Å²) >= 11 is 1.53. The zero-order valence-electron chi connectivity index (χ0n) is 15.3. The first-order valence-corrected chi connectivity index (χ1v) is 9.24. The molecule has 0 bridgehead atoms. The number of ether oxygens (including phenoxy) is 2. The second kappa shape index (κ2) is 11.3. The van der Waals surface area contributed by atoms with Gasteiger partial charge >= 0.3 is 0 Å². The molecule has 3 rings (SSSR count). The van der Waals surface area contributed by atoms with E-state index in [1.54, 1.807) is 14.2 Å². The van der Waals surface area contributed by atoms with Gasteiger partial charge in [-0.3, -0.25) is 4.79 Å². The zero-order chi connectivity index (χ0) is 17.6. The van der Waals surface area contributed by atoms with Crippen molar-refractivity contribution < 1.29 is 14.3 Å². The van der Waals surface area contributed by atoms with Crippen LogP contribution in [0, 0.1) is 0 Å². The van der Waals surface area contributed by atoms with Crippen LogP contribution in [-0.2, 0) is 11.2 Å². The third-order valence-corrected chi connectivity index (χ3v) is 5.17. The fourth-order valence-electron chi connectivity index (χ4n) is 2.90. The summed E-state index contributed by atoms with van der Waals surface area (Å²) in [6, 6.07) is 5.98. The van der Waals surface area contributed by atoms with Gasteiger partial charge in [0.2, 0.25) is 5.91 Å². The van der Waals surface area contributed by atoms with Crippen LogP contribution in [0.1, 0.15) is 18.5 Å². The maximum absolute atomic E-state index is 12.2. The zero-order valence-corrected chi connectivity index (χ0v) is 17.8. The summed E-state index contributed by atoms with van der Waals surface area (Å²) in [5.41, 5.74) is 1.74. The number of carbonyl (C=O) groups excluding carboxylic acids is 1. The summed E-state index contributed by atoms with van der Waals surface area (Å²) in [4.78, 5) is 16.8. The number of rotatable bonds is 6. The first-order chi connectivity index (χ1) is 12.2. The number of amides is 1. The molecule has 9 heteroatoms. The highest BCUT2D eigenvalue weighted by Gasteiger charge is 2.17. The van der Waals surface area contributed by atoms with Crippen molar-refractivity contribution in [2.45, 2.75) is 25.3 Å². The molecule has 1 aliphatic heterocycles. The van der Waals surface area contributed by atoms with E-state index in [1.807, 2.05) is 23.6 Å². The van der Waals surface area contributed by atoms with E-state index >= 15 is 0 Å². The van der Waals surface area contributed by atoms with Crippen LogP contribution in [0.15, 0.2) is 23.6 Å². The predicted octanol–water partition coefficient (Wildman–Crippen LogP) is 3.08. The van der Waals surface area contributed by atoms with Crippen molar-refractivity contribution in [3.63, 3.8) is 0 Å². The van der Waals surface area contributed by atoms with Crippen molar-refractivity contribution in [2.24, 2.45) is 0 Å². The van der Waals surface area contributed by atoms with Crippen LogP contribution in [0.3, 0.4) is 0 Å².